The number of rotatable bonds is 4. The standard InChI is InChI=1S/C27H23ClN4O3/c1-15-9-11-17(12-10-15)32-27(34)25-23(18-7-5-6-8-21(18)31(25)3)24(30-32)26(33)29-20-13-16(2)19(28)14-22(20)35-4/h5-14H,1-4H3,(H,29,33). The average molecular weight is 487 g/mol. The van der Waals surface area contributed by atoms with Crippen molar-refractivity contribution in [1.82, 2.24) is 14.3 Å². The minimum absolute atomic E-state index is 0.131. The van der Waals surface area contributed by atoms with Crippen molar-refractivity contribution in [3.05, 3.63) is 92.9 Å². The van der Waals surface area contributed by atoms with Crippen LogP contribution in [0.1, 0.15) is 21.6 Å². The van der Waals surface area contributed by atoms with E-state index in [2.05, 4.69) is 10.4 Å². The van der Waals surface area contributed by atoms with Crippen molar-refractivity contribution in [2.75, 3.05) is 12.4 Å². The van der Waals surface area contributed by atoms with E-state index >= 15 is 0 Å². The summed E-state index contributed by atoms with van der Waals surface area (Å²) >= 11 is 6.24. The Labute approximate surface area is 206 Å². The third kappa shape index (κ3) is 3.74. The van der Waals surface area contributed by atoms with Gasteiger partial charge in [0.1, 0.15) is 11.3 Å². The van der Waals surface area contributed by atoms with Crippen LogP contribution in [0.15, 0.2) is 65.5 Å². The van der Waals surface area contributed by atoms with Crippen LogP contribution in [0.25, 0.3) is 27.5 Å². The van der Waals surface area contributed by atoms with E-state index in [1.165, 1.54) is 11.8 Å². The molecule has 0 aliphatic heterocycles. The van der Waals surface area contributed by atoms with Gasteiger partial charge in [-0.3, -0.25) is 9.59 Å². The highest BCUT2D eigenvalue weighted by Crippen LogP contribution is 2.33. The summed E-state index contributed by atoms with van der Waals surface area (Å²) in [4.78, 5) is 27.3. The Kier molecular flexibility index (Phi) is 5.57. The third-order valence-corrected chi connectivity index (χ3v) is 6.57. The summed E-state index contributed by atoms with van der Waals surface area (Å²) in [7, 11) is 3.33. The molecular weight excluding hydrogens is 464 g/mol. The molecule has 2 heterocycles. The molecule has 1 N–H and O–H groups in total. The van der Waals surface area contributed by atoms with E-state index in [-0.39, 0.29) is 11.3 Å². The highest BCUT2D eigenvalue weighted by Gasteiger charge is 2.24. The predicted molar refractivity (Wildman–Crippen MR) is 139 cm³/mol. The molecule has 0 bridgehead atoms. The Morgan fingerprint density at radius 2 is 1.77 bits per heavy atom. The second kappa shape index (κ2) is 8.60. The van der Waals surface area contributed by atoms with Gasteiger partial charge in [-0.25, -0.2) is 0 Å². The minimum atomic E-state index is -0.466. The van der Waals surface area contributed by atoms with E-state index in [1.807, 2.05) is 74.0 Å². The number of amides is 1. The quantitative estimate of drug-likeness (QED) is 0.368. The molecule has 7 nitrogen and oxygen atoms in total. The van der Waals surface area contributed by atoms with Gasteiger partial charge in [0.25, 0.3) is 11.5 Å². The maximum Gasteiger partial charge on any atom is 0.296 e. The molecule has 0 radical (unpaired) electrons. The number of fused-ring (bicyclic) bond motifs is 3. The van der Waals surface area contributed by atoms with Crippen molar-refractivity contribution in [2.24, 2.45) is 7.05 Å². The SMILES string of the molecule is COc1cc(Cl)c(C)cc1NC(=O)c1nn(-c2ccc(C)cc2)c(=O)c2c1c1ccccc1n2C. The van der Waals surface area contributed by atoms with Crippen molar-refractivity contribution in [3.8, 4) is 11.4 Å². The fourth-order valence-corrected chi connectivity index (χ4v) is 4.46. The Bertz CT molecular complexity index is 1680. The van der Waals surface area contributed by atoms with Crippen LogP contribution in [0.4, 0.5) is 5.69 Å². The van der Waals surface area contributed by atoms with Gasteiger partial charge in [-0.15, -0.1) is 0 Å². The van der Waals surface area contributed by atoms with Crippen LogP contribution in [0.3, 0.4) is 0 Å². The lowest BCUT2D eigenvalue weighted by Crippen LogP contribution is -2.27. The lowest BCUT2D eigenvalue weighted by Gasteiger charge is -2.14. The normalized spacial score (nSPS) is 11.2. The predicted octanol–water partition coefficient (Wildman–Crippen LogP) is 5.41. The molecule has 0 aliphatic carbocycles. The molecule has 176 valence electrons. The number of hydrogen-bond acceptors (Lipinski definition) is 4. The van der Waals surface area contributed by atoms with Crippen molar-refractivity contribution >= 4 is 45.0 Å². The highest BCUT2D eigenvalue weighted by molar-refractivity contribution is 6.31. The largest absolute Gasteiger partial charge is 0.495 e. The number of anilines is 1. The van der Waals surface area contributed by atoms with Gasteiger partial charge < -0.3 is 14.6 Å². The molecule has 0 spiro atoms. The maximum atomic E-state index is 13.7. The zero-order valence-corrected chi connectivity index (χ0v) is 20.5. The molecule has 0 saturated carbocycles. The molecule has 8 heteroatoms. The van der Waals surface area contributed by atoms with Crippen LogP contribution < -0.4 is 15.6 Å². The Balaban J connectivity index is 1.78. The smallest absolute Gasteiger partial charge is 0.296 e. The van der Waals surface area contributed by atoms with Crippen LogP contribution >= 0.6 is 11.6 Å². The highest BCUT2D eigenvalue weighted by atomic mass is 35.5. The molecule has 0 unspecified atom stereocenters. The van der Waals surface area contributed by atoms with E-state index in [1.54, 1.807) is 12.1 Å². The van der Waals surface area contributed by atoms with Crippen molar-refractivity contribution in [3.63, 3.8) is 0 Å². The van der Waals surface area contributed by atoms with E-state index in [9.17, 15) is 9.59 Å². The third-order valence-electron chi connectivity index (χ3n) is 6.16. The molecular formula is C27H23ClN4O3. The number of nitrogens with one attached hydrogen (secondary N) is 1. The first-order valence-electron chi connectivity index (χ1n) is 11.0. The summed E-state index contributed by atoms with van der Waals surface area (Å²) in [6.45, 7) is 3.81. The summed E-state index contributed by atoms with van der Waals surface area (Å²) in [5.41, 5.74) is 3.92. The number of aromatic nitrogens is 3. The van der Waals surface area contributed by atoms with E-state index < -0.39 is 5.91 Å². The van der Waals surface area contributed by atoms with Gasteiger partial charge in [-0.1, -0.05) is 47.5 Å². The number of carbonyl (C=O) groups is 1. The molecule has 35 heavy (non-hydrogen) atoms. The molecule has 1 amide bonds. The number of methoxy groups -OCH3 is 1. The average Bonchev–Trinajstić information content (AvgIpc) is 3.15. The number of para-hydroxylation sites is 1. The van der Waals surface area contributed by atoms with Gasteiger partial charge in [-0.05, 0) is 43.7 Å². The van der Waals surface area contributed by atoms with Crippen molar-refractivity contribution < 1.29 is 9.53 Å². The molecule has 5 aromatic rings. The number of ether oxygens (including phenoxy) is 1. The molecule has 0 aliphatic rings. The fourth-order valence-electron chi connectivity index (χ4n) is 4.31. The summed E-state index contributed by atoms with van der Waals surface area (Å²) < 4.78 is 8.51. The van der Waals surface area contributed by atoms with Crippen LogP contribution in [0.2, 0.25) is 5.02 Å². The van der Waals surface area contributed by atoms with E-state index in [0.717, 1.165) is 22.0 Å². The molecule has 3 aromatic carbocycles. The van der Waals surface area contributed by atoms with Gasteiger partial charge in [-0.2, -0.15) is 9.78 Å². The molecule has 0 saturated heterocycles. The molecule has 0 fully saturated rings. The molecule has 2 aromatic heterocycles. The monoisotopic (exact) mass is 486 g/mol. The lowest BCUT2D eigenvalue weighted by molar-refractivity contribution is 0.102. The van der Waals surface area contributed by atoms with Crippen molar-refractivity contribution in [1.29, 1.82) is 0 Å². The van der Waals surface area contributed by atoms with Gasteiger partial charge in [0.2, 0.25) is 0 Å². The van der Waals surface area contributed by atoms with Crippen LogP contribution in [0.5, 0.6) is 5.75 Å². The number of halogens is 1. The summed E-state index contributed by atoms with van der Waals surface area (Å²) in [5, 5.41) is 9.28. The Morgan fingerprint density at radius 1 is 1.06 bits per heavy atom. The fraction of sp³-hybridized carbons (Fsp3) is 0.148. The Hall–Kier alpha value is -4.10. The molecule has 5 rings (SSSR count). The second-order valence-electron chi connectivity index (χ2n) is 8.46. The summed E-state index contributed by atoms with van der Waals surface area (Å²) in [5.74, 6) is -0.0396. The first kappa shape index (κ1) is 22.7. The summed E-state index contributed by atoms with van der Waals surface area (Å²) in [6.07, 6.45) is 0. The first-order valence-corrected chi connectivity index (χ1v) is 11.4. The number of hydrogen-bond donors (Lipinski definition) is 1. The van der Waals surface area contributed by atoms with E-state index in [0.29, 0.717) is 33.0 Å². The van der Waals surface area contributed by atoms with Crippen molar-refractivity contribution in [2.45, 2.75) is 13.8 Å². The van der Waals surface area contributed by atoms with Gasteiger partial charge in [0, 0.05) is 34.4 Å². The van der Waals surface area contributed by atoms with Crippen LogP contribution in [-0.2, 0) is 7.05 Å². The van der Waals surface area contributed by atoms with Crippen LogP contribution in [-0.4, -0.2) is 27.4 Å². The maximum absolute atomic E-state index is 13.7. The second-order valence-corrected chi connectivity index (χ2v) is 8.86. The first-order chi connectivity index (χ1) is 16.8. The topological polar surface area (TPSA) is 78.2 Å². The zero-order chi connectivity index (χ0) is 24.9. The van der Waals surface area contributed by atoms with Gasteiger partial charge in [0.05, 0.1) is 18.5 Å². The number of carbonyl (C=O) groups excluding carboxylic acids is 1. The minimum Gasteiger partial charge on any atom is -0.495 e. The van der Waals surface area contributed by atoms with E-state index in [4.69, 9.17) is 16.3 Å². The summed E-state index contributed by atoms with van der Waals surface area (Å²) in [6, 6.07) is 18.4. The van der Waals surface area contributed by atoms with Gasteiger partial charge >= 0.3 is 0 Å². The molecule has 0 atom stereocenters. The lowest BCUT2D eigenvalue weighted by atomic mass is 10.1. The van der Waals surface area contributed by atoms with Crippen LogP contribution in [0, 0.1) is 13.8 Å². The number of nitrogens with zero attached hydrogens (tertiary/aromatic N) is 3. The number of benzene rings is 3. The Morgan fingerprint density at radius 3 is 2.49 bits per heavy atom. The van der Waals surface area contributed by atoms with Gasteiger partial charge in [0.15, 0.2) is 5.69 Å². The number of aryl methyl sites for hydroxylation is 3. The zero-order valence-electron chi connectivity index (χ0n) is 19.7.